The van der Waals surface area contributed by atoms with Crippen LogP contribution in [0.25, 0.3) is 0 Å². The second-order valence-corrected chi connectivity index (χ2v) is 5.66. The predicted molar refractivity (Wildman–Crippen MR) is 68.1 cm³/mol. The van der Waals surface area contributed by atoms with Crippen LogP contribution in [-0.2, 0) is 0 Å². The largest absolute Gasteiger partial charge is 0.296 e. The molecule has 2 heterocycles. The maximum Gasteiger partial charge on any atom is 0.186 e. The van der Waals surface area contributed by atoms with E-state index in [2.05, 4.69) is 11.8 Å². The molecular formula is C13H19NOS. The fourth-order valence-corrected chi connectivity index (χ4v) is 2.86. The molecule has 0 saturated carbocycles. The molecule has 3 heteroatoms. The maximum atomic E-state index is 11.9. The molecule has 0 aliphatic carbocycles. The Hall–Kier alpha value is -0.670. The van der Waals surface area contributed by atoms with Crippen molar-refractivity contribution in [3.8, 4) is 0 Å². The van der Waals surface area contributed by atoms with Crippen molar-refractivity contribution in [1.29, 1.82) is 0 Å². The van der Waals surface area contributed by atoms with Gasteiger partial charge in [-0.15, -0.1) is 11.3 Å². The Bertz CT molecular complexity index is 334. The summed E-state index contributed by atoms with van der Waals surface area (Å²) in [6.07, 6.45) is 3.78. The molecule has 16 heavy (non-hydrogen) atoms. The number of ketones is 1. The lowest BCUT2D eigenvalue weighted by Gasteiger charge is -2.18. The first kappa shape index (κ1) is 11.8. The van der Waals surface area contributed by atoms with Gasteiger partial charge in [0.25, 0.3) is 0 Å². The number of likely N-dealkylation sites (tertiary alicyclic amines) is 1. The molecule has 0 N–H and O–H groups in total. The van der Waals surface area contributed by atoms with Gasteiger partial charge in [-0.3, -0.25) is 9.69 Å². The molecule has 1 aromatic heterocycles. The van der Waals surface area contributed by atoms with Crippen molar-refractivity contribution in [3.63, 3.8) is 0 Å². The van der Waals surface area contributed by atoms with Crippen LogP contribution in [0.2, 0.25) is 0 Å². The van der Waals surface area contributed by atoms with Gasteiger partial charge in [0.2, 0.25) is 0 Å². The number of Topliss-reactive ketones (excluding diaryl/α,β-unsaturated/α-hetero) is 1. The number of rotatable bonds is 3. The van der Waals surface area contributed by atoms with Gasteiger partial charge in [0.05, 0.1) is 11.4 Å². The van der Waals surface area contributed by atoms with Crippen LogP contribution in [0.5, 0.6) is 0 Å². The van der Waals surface area contributed by atoms with Crippen LogP contribution in [-0.4, -0.2) is 30.3 Å². The van der Waals surface area contributed by atoms with Crippen LogP contribution in [0, 0.1) is 5.92 Å². The first-order valence-electron chi connectivity index (χ1n) is 6.05. The van der Waals surface area contributed by atoms with Crippen LogP contribution < -0.4 is 0 Å². The molecule has 1 unspecified atom stereocenters. The molecule has 1 aromatic rings. The van der Waals surface area contributed by atoms with E-state index in [0.29, 0.717) is 6.54 Å². The quantitative estimate of drug-likeness (QED) is 0.753. The summed E-state index contributed by atoms with van der Waals surface area (Å²) in [5, 5.41) is 1.97. The Morgan fingerprint density at radius 3 is 3.12 bits per heavy atom. The Morgan fingerprint density at radius 1 is 1.50 bits per heavy atom. The molecule has 2 nitrogen and oxygen atoms in total. The van der Waals surface area contributed by atoms with Crippen molar-refractivity contribution < 1.29 is 4.79 Å². The average Bonchev–Trinajstić information content (AvgIpc) is 2.72. The molecule has 88 valence electrons. The van der Waals surface area contributed by atoms with E-state index in [4.69, 9.17) is 0 Å². The summed E-state index contributed by atoms with van der Waals surface area (Å²) >= 11 is 1.55. The summed E-state index contributed by atoms with van der Waals surface area (Å²) < 4.78 is 0. The lowest BCUT2D eigenvalue weighted by atomic mass is 10.0. The minimum Gasteiger partial charge on any atom is -0.296 e. The van der Waals surface area contributed by atoms with E-state index in [0.717, 1.165) is 23.9 Å². The summed E-state index contributed by atoms with van der Waals surface area (Å²) in [4.78, 5) is 15.1. The van der Waals surface area contributed by atoms with Crippen molar-refractivity contribution in [2.24, 2.45) is 5.92 Å². The van der Waals surface area contributed by atoms with Crippen molar-refractivity contribution in [2.45, 2.75) is 26.2 Å². The van der Waals surface area contributed by atoms with Gasteiger partial charge in [-0.25, -0.2) is 0 Å². The molecule has 1 fully saturated rings. The van der Waals surface area contributed by atoms with Crippen molar-refractivity contribution in [2.75, 3.05) is 19.6 Å². The third-order valence-corrected chi connectivity index (χ3v) is 4.18. The molecule has 1 aliphatic heterocycles. The predicted octanol–water partition coefficient (Wildman–Crippen LogP) is 3.05. The highest BCUT2D eigenvalue weighted by Gasteiger charge is 2.17. The van der Waals surface area contributed by atoms with E-state index < -0.39 is 0 Å². The minimum atomic E-state index is 0.282. The fraction of sp³-hybridized carbons (Fsp3) is 0.615. The summed E-state index contributed by atoms with van der Waals surface area (Å²) in [7, 11) is 0. The van der Waals surface area contributed by atoms with Gasteiger partial charge in [0.1, 0.15) is 0 Å². The third kappa shape index (κ3) is 3.16. The second kappa shape index (κ2) is 5.60. The minimum absolute atomic E-state index is 0.282. The number of hydrogen-bond donors (Lipinski definition) is 0. The lowest BCUT2D eigenvalue weighted by molar-refractivity contribution is 0.0936. The van der Waals surface area contributed by atoms with Crippen molar-refractivity contribution in [1.82, 2.24) is 4.90 Å². The van der Waals surface area contributed by atoms with Gasteiger partial charge in [-0.1, -0.05) is 13.0 Å². The summed E-state index contributed by atoms with van der Waals surface area (Å²) in [5.41, 5.74) is 0. The van der Waals surface area contributed by atoms with Crippen LogP contribution in [0.1, 0.15) is 35.9 Å². The van der Waals surface area contributed by atoms with E-state index in [1.807, 2.05) is 17.5 Å². The Kier molecular flexibility index (Phi) is 4.13. The van der Waals surface area contributed by atoms with Crippen LogP contribution in [0.3, 0.4) is 0 Å². The van der Waals surface area contributed by atoms with Gasteiger partial charge in [0, 0.05) is 0 Å². The normalized spacial score (nSPS) is 22.9. The molecule has 2 rings (SSSR count). The summed E-state index contributed by atoms with van der Waals surface area (Å²) in [6.45, 7) is 5.08. The highest BCUT2D eigenvalue weighted by Crippen LogP contribution is 2.17. The SMILES string of the molecule is CC1CCCN(CC(=O)c2cccs2)CC1. The smallest absolute Gasteiger partial charge is 0.186 e. The summed E-state index contributed by atoms with van der Waals surface area (Å²) in [6, 6.07) is 3.87. The third-order valence-electron chi connectivity index (χ3n) is 3.27. The molecule has 1 saturated heterocycles. The average molecular weight is 237 g/mol. The number of carbonyl (C=O) groups excluding carboxylic acids is 1. The molecule has 0 aromatic carbocycles. The lowest BCUT2D eigenvalue weighted by Crippen LogP contribution is -2.30. The van der Waals surface area contributed by atoms with Crippen molar-refractivity contribution >= 4 is 17.1 Å². The second-order valence-electron chi connectivity index (χ2n) is 4.71. The first-order chi connectivity index (χ1) is 7.75. The number of nitrogens with zero attached hydrogens (tertiary/aromatic N) is 1. The van der Waals surface area contributed by atoms with E-state index in [1.165, 1.54) is 19.3 Å². The maximum absolute atomic E-state index is 11.9. The highest BCUT2D eigenvalue weighted by molar-refractivity contribution is 7.12. The Labute approximate surface area is 101 Å². The zero-order valence-electron chi connectivity index (χ0n) is 9.82. The van der Waals surface area contributed by atoms with Crippen molar-refractivity contribution in [3.05, 3.63) is 22.4 Å². The van der Waals surface area contributed by atoms with Gasteiger partial charge in [-0.2, -0.15) is 0 Å². The van der Waals surface area contributed by atoms with E-state index in [9.17, 15) is 4.79 Å². The van der Waals surface area contributed by atoms with Crippen LogP contribution in [0.4, 0.5) is 0 Å². The number of hydrogen-bond acceptors (Lipinski definition) is 3. The van der Waals surface area contributed by atoms with Gasteiger partial charge >= 0.3 is 0 Å². The Morgan fingerprint density at radius 2 is 2.38 bits per heavy atom. The van der Waals surface area contributed by atoms with E-state index in [-0.39, 0.29) is 5.78 Å². The number of carbonyl (C=O) groups is 1. The monoisotopic (exact) mass is 237 g/mol. The van der Waals surface area contributed by atoms with Gasteiger partial charge < -0.3 is 0 Å². The van der Waals surface area contributed by atoms with Gasteiger partial charge in [0.15, 0.2) is 5.78 Å². The zero-order valence-corrected chi connectivity index (χ0v) is 10.6. The molecule has 0 radical (unpaired) electrons. The molecule has 0 spiro atoms. The van der Waals surface area contributed by atoms with E-state index in [1.54, 1.807) is 11.3 Å². The summed E-state index contributed by atoms with van der Waals surface area (Å²) in [5.74, 6) is 1.10. The van der Waals surface area contributed by atoms with E-state index >= 15 is 0 Å². The highest BCUT2D eigenvalue weighted by atomic mass is 32.1. The van der Waals surface area contributed by atoms with Crippen LogP contribution in [0.15, 0.2) is 17.5 Å². The standard InChI is InChI=1S/C13H19NOS/c1-11-4-2-7-14(8-6-11)10-12(15)13-5-3-9-16-13/h3,5,9,11H,2,4,6-8,10H2,1H3. The molecule has 0 amide bonds. The number of thiophene rings is 1. The topological polar surface area (TPSA) is 20.3 Å². The molecular weight excluding hydrogens is 218 g/mol. The Balaban J connectivity index is 1.87. The molecule has 1 atom stereocenters. The zero-order chi connectivity index (χ0) is 11.4. The first-order valence-corrected chi connectivity index (χ1v) is 6.93. The van der Waals surface area contributed by atoms with Crippen LogP contribution >= 0.6 is 11.3 Å². The van der Waals surface area contributed by atoms with Gasteiger partial charge in [-0.05, 0) is 49.7 Å². The molecule has 0 bridgehead atoms. The fourth-order valence-electron chi connectivity index (χ4n) is 2.20. The molecule has 1 aliphatic rings.